The summed E-state index contributed by atoms with van der Waals surface area (Å²) in [6, 6.07) is 17.3. The van der Waals surface area contributed by atoms with E-state index in [0.29, 0.717) is 0 Å². The van der Waals surface area contributed by atoms with Crippen molar-refractivity contribution in [1.29, 1.82) is 0 Å². The summed E-state index contributed by atoms with van der Waals surface area (Å²) in [4.78, 5) is 0. The monoisotopic (exact) mass is 196 g/mol. The lowest BCUT2D eigenvalue weighted by atomic mass is 10.00. The smallest absolute Gasteiger partial charge is 0.00231 e. The van der Waals surface area contributed by atoms with Crippen LogP contribution in [0.15, 0.2) is 48.5 Å². The van der Waals surface area contributed by atoms with Gasteiger partial charge in [0.15, 0.2) is 0 Å². The Morgan fingerprint density at radius 2 is 1.67 bits per heavy atom. The molecule has 0 aliphatic heterocycles. The third-order valence-corrected chi connectivity index (χ3v) is 2.74. The van der Waals surface area contributed by atoms with Crippen molar-refractivity contribution < 1.29 is 0 Å². The van der Waals surface area contributed by atoms with Crippen LogP contribution in [0.4, 0.5) is 0 Å². The lowest BCUT2D eigenvalue weighted by molar-refractivity contribution is 1.15. The molecule has 0 saturated carbocycles. The molecule has 0 nitrogen and oxygen atoms in total. The van der Waals surface area contributed by atoms with Crippen molar-refractivity contribution in [2.45, 2.75) is 20.3 Å². The summed E-state index contributed by atoms with van der Waals surface area (Å²) in [5, 5.41) is 0. The van der Waals surface area contributed by atoms with E-state index in [2.05, 4.69) is 62.4 Å². The fourth-order valence-corrected chi connectivity index (χ4v) is 1.85. The van der Waals surface area contributed by atoms with Gasteiger partial charge in [0.2, 0.25) is 0 Å². The zero-order chi connectivity index (χ0) is 10.7. The summed E-state index contributed by atoms with van der Waals surface area (Å²) in [5.41, 5.74) is 5.52. The maximum atomic E-state index is 2.26. The highest BCUT2D eigenvalue weighted by Gasteiger charge is 1.98. The average molecular weight is 196 g/mol. The van der Waals surface area contributed by atoms with Gasteiger partial charge < -0.3 is 0 Å². The fourth-order valence-electron chi connectivity index (χ4n) is 1.85. The summed E-state index contributed by atoms with van der Waals surface area (Å²) in [6.45, 7) is 4.31. The zero-order valence-corrected chi connectivity index (χ0v) is 9.33. The van der Waals surface area contributed by atoms with Crippen LogP contribution in [0.3, 0.4) is 0 Å². The highest BCUT2D eigenvalue weighted by molar-refractivity contribution is 5.33. The highest BCUT2D eigenvalue weighted by atomic mass is 14.0. The predicted molar refractivity (Wildman–Crippen MR) is 65.2 cm³/mol. The minimum absolute atomic E-state index is 1.04. The third-order valence-electron chi connectivity index (χ3n) is 2.74. The molecular formula is C15H16. The van der Waals surface area contributed by atoms with Gasteiger partial charge in [-0.15, -0.1) is 0 Å². The molecule has 76 valence electrons. The largest absolute Gasteiger partial charge is 0.0620 e. The first kappa shape index (κ1) is 9.97. The minimum Gasteiger partial charge on any atom is -0.0620 e. The Bertz CT molecular complexity index is 455. The molecule has 2 aromatic rings. The van der Waals surface area contributed by atoms with Crippen LogP contribution in [0.1, 0.15) is 22.3 Å². The highest BCUT2D eigenvalue weighted by Crippen LogP contribution is 2.14. The summed E-state index contributed by atoms with van der Waals surface area (Å²) in [7, 11) is 0. The quantitative estimate of drug-likeness (QED) is 0.683. The van der Waals surface area contributed by atoms with Crippen molar-refractivity contribution in [3.63, 3.8) is 0 Å². The molecule has 0 aromatic heterocycles. The molecular weight excluding hydrogens is 180 g/mol. The van der Waals surface area contributed by atoms with E-state index in [0.717, 1.165) is 6.42 Å². The topological polar surface area (TPSA) is 0 Å². The van der Waals surface area contributed by atoms with E-state index in [4.69, 9.17) is 0 Å². The van der Waals surface area contributed by atoms with Crippen molar-refractivity contribution in [2.75, 3.05) is 0 Å². The van der Waals surface area contributed by atoms with Crippen LogP contribution in [-0.2, 0) is 6.42 Å². The van der Waals surface area contributed by atoms with Gasteiger partial charge in [0.05, 0.1) is 0 Å². The second-order valence-corrected chi connectivity index (χ2v) is 4.09. The van der Waals surface area contributed by atoms with E-state index < -0.39 is 0 Å². The van der Waals surface area contributed by atoms with E-state index in [1.54, 1.807) is 0 Å². The van der Waals surface area contributed by atoms with Gasteiger partial charge in [-0.2, -0.15) is 0 Å². The minimum atomic E-state index is 1.04. The molecule has 0 fully saturated rings. The predicted octanol–water partition coefficient (Wildman–Crippen LogP) is 3.89. The zero-order valence-electron chi connectivity index (χ0n) is 9.33. The first-order valence-corrected chi connectivity index (χ1v) is 5.36. The Morgan fingerprint density at radius 3 is 2.40 bits per heavy atom. The summed E-state index contributed by atoms with van der Waals surface area (Å²) < 4.78 is 0. The van der Waals surface area contributed by atoms with Crippen LogP contribution >= 0.6 is 0 Å². The standard InChI is InChI=1S/C15H16/c1-12-6-5-8-14(10-12)11-15-9-4-3-7-13(15)2/h3-10H,11H2,1-2H3. The van der Waals surface area contributed by atoms with Crippen molar-refractivity contribution in [2.24, 2.45) is 0 Å². The first-order chi connectivity index (χ1) is 7.25. The lowest BCUT2D eigenvalue weighted by Gasteiger charge is -2.06. The second kappa shape index (κ2) is 4.31. The van der Waals surface area contributed by atoms with E-state index in [1.165, 1.54) is 22.3 Å². The Morgan fingerprint density at radius 1 is 0.867 bits per heavy atom. The van der Waals surface area contributed by atoms with Crippen LogP contribution in [-0.4, -0.2) is 0 Å². The average Bonchev–Trinajstić information content (AvgIpc) is 2.22. The molecule has 15 heavy (non-hydrogen) atoms. The number of rotatable bonds is 2. The van der Waals surface area contributed by atoms with Gasteiger partial charge in [0, 0.05) is 0 Å². The van der Waals surface area contributed by atoms with Gasteiger partial charge in [0.1, 0.15) is 0 Å². The molecule has 0 unspecified atom stereocenters. The maximum absolute atomic E-state index is 2.26. The van der Waals surface area contributed by atoms with Gasteiger partial charge in [-0.25, -0.2) is 0 Å². The Kier molecular flexibility index (Phi) is 2.86. The Balaban J connectivity index is 2.26. The summed E-state index contributed by atoms with van der Waals surface area (Å²) >= 11 is 0. The molecule has 0 aliphatic rings. The van der Waals surface area contributed by atoms with Crippen LogP contribution in [0, 0.1) is 13.8 Å². The molecule has 0 heterocycles. The lowest BCUT2D eigenvalue weighted by Crippen LogP contribution is -1.91. The second-order valence-electron chi connectivity index (χ2n) is 4.09. The normalized spacial score (nSPS) is 10.3. The Labute approximate surface area is 91.6 Å². The molecule has 2 aromatic carbocycles. The summed E-state index contributed by atoms with van der Waals surface area (Å²) in [6.07, 6.45) is 1.04. The van der Waals surface area contributed by atoms with Crippen molar-refractivity contribution >= 4 is 0 Å². The fraction of sp³-hybridized carbons (Fsp3) is 0.200. The van der Waals surface area contributed by atoms with Gasteiger partial charge in [0.25, 0.3) is 0 Å². The van der Waals surface area contributed by atoms with Gasteiger partial charge in [-0.05, 0) is 37.0 Å². The van der Waals surface area contributed by atoms with Gasteiger partial charge in [-0.1, -0.05) is 54.1 Å². The molecule has 0 bridgehead atoms. The van der Waals surface area contributed by atoms with Crippen LogP contribution in [0.25, 0.3) is 0 Å². The van der Waals surface area contributed by atoms with E-state index in [1.807, 2.05) is 0 Å². The first-order valence-electron chi connectivity index (χ1n) is 5.36. The molecule has 2 rings (SSSR count). The molecule has 0 saturated heterocycles. The Hall–Kier alpha value is -1.56. The van der Waals surface area contributed by atoms with Crippen LogP contribution in [0.5, 0.6) is 0 Å². The molecule has 0 radical (unpaired) electrons. The summed E-state index contributed by atoms with van der Waals surface area (Å²) in [5.74, 6) is 0. The van der Waals surface area contributed by atoms with E-state index in [9.17, 15) is 0 Å². The van der Waals surface area contributed by atoms with Crippen LogP contribution in [0.2, 0.25) is 0 Å². The number of hydrogen-bond acceptors (Lipinski definition) is 0. The van der Waals surface area contributed by atoms with Crippen molar-refractivity contribution in [1.82, 2.24) is 0 Å². The molecule has 0 atom stereocenters. The molecule has 0 N–H and O–H groups in total. The third kappa shape index (κ3) is 2.47. The van der Waals surface area contributed by atoms with Gasteiger partial charge in [-0.3, -0.25) is 0 Å². The van der Waals surface area contributed by atoms with Crippen molar-refractivity contribution in [3.8, 4) is 0 Å². The number of benzene rings is 2. The van der Waals surface area contributed by atoms with Crippen molar-refractivity contribution in [3.05, 3.63) is 70.8 Å². The number of aryl methyl sites for hydroxylation is 2. The molecule has 0 spiro atoms. The molecule has 0 amide bonds. The van der Waals surface area contributed by atoms with E-state index in [-0.39, 0.29) is 0 Å². The molecule has 0 aliphatic carbocycles. The van der Waals surface area contributed by atoms with Gasteiger partial charge >= 0.3 is 0 Å². The number of hydrogen-bond donors (Lipinski definition) is 0. The van der Waals surface area contributed by atoms with E-state index >= 15 is 0 Å². The maximum Gasteiger partial charge on any atom is -0.00231 e. The SMILES string of the molecule is Cc1cccc(Cc2ccccc2C)c1. The van der Waals surface area contributed by atoms with Crippen LogP contribution < -0.4 is 0 Å². The molecule has 0 heteroatoms.